The summed E-state index contributed by atoms with van der Waals surface area (Å²) in [4.78, 5) is 5.31. The van der Waals surface area contributed by atoms with Crippen molar-refractivity contribution in [1.82, 2.24) is 5.32 Å². The minimum atomic E-state index is -0.154. The Hall–Kier alpha value is -2.13. The van der Waals surface area contributed by atoms with Crippen molar-refractivity contribution >= 4 is 5.71 Å². The van der Waals surface area contributed by atoms with E-state index in [1.807, 2.05) is 0 Å². The van der Waals surface area contributed by atoms with Crippen LogP contribution in [0.4, 0.5) is 0 Å². The maximum Gasteiger partial charge on any atom is 0.122 e. The van der Waals surface area contributed by atoms with Crippen LogP contribution in [0.2, 0.25) is 0 Å². The van der Waals surface area contributed by atoms with Crippen molar-refractivity contribution in [2.45, 2.75) is 30.7 Å². The maximum atomic E-state index is 5.31. The Morgan fingerprint density at radius 3 is 2.26 bits per heavy atom. The van der Waals surface area contributed by atoms with Gasteiger partial charge in [0, 0.05) is 24.8 Å². The minimum absolute atomic E-state index is 0.154. The maximum absolute atomic E-state index is 5.31. The molecule has 1 saturated heterocycles. The van der Waals surface area contributed by atoms with Crippen LogP contribution < -0.4 is 5.32 Å². The van der Waals surface area contributed by atoms with E-state index in [4.69, 9.17) is 4.84 Å². The zero-order valence-electron chi connectivity index (χ0n) is 13.4. The molecule has 0 radical (unpaired) electrons. The predicted molar refractivity (Wildman–Crippen MR) is 92.8 cm³/mol. The number of hydrogen-bond donors (Lipinski definition) is 1. The van der Waals surface area contributed by atoms with Crippen LogP contribution in [-0.2, 0) is 4.84 Å². The zero-order valence-corrected chi connectivity index (χ0v) is 13.4. The smallest absolute Gasteiger partial charge is 0.122 e. The average Bonchev–Trinajstić information content (AvgIpc) is 3.25. The fourth-order valence-electron chi connectivity index (χ4n) is 4.14. The van der Waals surface area contributed by atoms with E-state index in [9.17, 15) is 0 Å². The number of benzene rings is 2. The molecule has 23 heavy (non-hydrogen) atoms. The summed E-state index contributed by atoms with van der Waals surface area (Å²) in [5.74, 6) is 0.790. The highest BCUT2D eigenvalue weighted by Crippen LogP contribution is 2.46. The van der Waals surface area contributed by atoms with E-state index in [1.165, 1.54) is 11.1 Å². The lowest BCUT2D eigenvalue weighted by Gasteiger charge is -2.34. The quantitative estimate of drug-likeness (QED) is 0.938. The molecule has 3 heteroatoms. The average molecular weight is 306 g/mol. The molecule has 1 N–H and O–H groups in total. The first-order chi connectivity index (χ1) is 11.3. The Bertz CT molecular complexity index is 698. The van der Waals surface area contributed by atoms with Gasteiger partial charge in [-0.2, -0.15) is 0 Å². The lowest BCUT2D eigenvalue weighted by molar-refractivity contribution is 0.173. The van der Waals surface area contributed by atoms with Gasteiger partial charge >= 0.3 is 0 Å². The van der Waals surface area contributed by atoms with Crippen molar-refractivity contribution in [2.24, 2.45) is 5.16 Å². The molecule has 0 aromatic heterocycles. The molecule has 3 atom stereocenters. The number of hydrogen-bond acceptors (Lipinski definition) is 3. The Morgan fingerprint density at radius 1 is 1.00 bits per heavy atom. The van der Waals surface area contributed by atoms with E-state index in [1.54, 1.807) is 0 Å². The summed E-state index contributed by atoms with van der Waals surface area (Å²) < 4.78 is 0. The van der Waals surface area contributed by atoms with E-state index in [2.05, 4.69) is 78.1 Å². The van der Waals surface area contributed by atoms with Crippen molar-refractivity contribution in [3.8, 4) is 0 Å². The Labute approximate surface area is 137 Å². The summed E-state index contributed by atoms with van der Waals surface area (Å²) in [6, 6.07) is 21.6. The molecule has 4 rings (SSSR count). The molecule has 2 heterocycles. The SMILES string of the molecule is C[C@]1(C2=NOCC2)NC[C@@H](c2ccccc2)[C@@H]1c1ccccc1. The van der Waals surface area contributed by atoms with Crippen LogP contribution in [0.25, 0.3) is 0 Å². The summed E-state index contributed by atoms with van der Waals surface area (Å²) in [7, 11) is 0. The Kier molecular flexibility index (Phi) is 3.66. The first kappa shape index (κ1) is 14.5. The molecule has 0 unspecified atom stereocenters. The van der Waals surface area contributed by atoms with Crippen LogP contribution in [0.5, 0.6) is 0 Å². The number of rotatable bonds is 3. The summed E-state index contributed by atoms with van der Waals surface area (Å²) >= 11 is 0. The second-order valence-electron chi connectivity index (χ2n) is 6.61. The fraction of sp³-hybridized carbons (Fsp3) is 0.350. The van der Waals surface area contributed by atoms with Gasteiger partial charge in [0.25, 0.3) is 0 Å². The van der Waals surface area contributed by atoms with Crippen LogP contribution in [0.3, 0.4) is 0 Å². The predicted octanol–water partition coefficient (Wildman–Crippen LogP) is 3.69. The minimum Gasteiger partial charge on any atom is -0.395 e. The van der Waals surface area contributed by atoms with Gasteiger partial charge in [0.05, 0.1) is 11.3 Å². The number of oxime groups is 1. The van der Waals surface area contributed by atoms with Gasteiger partial charge in [-0.3, -0.25) is 0 Å². The molecule has 2 aromatic carbocycles. The summed E-state index contributed by atoms with van der Waals surface area (Å²) in [5, 5.41) is 8.11. The fourth-order valence-corrected chi connectivity index (χ4v) is 4.14. The molecular formula is C20H22N2O. The second kappa shape index (κ2) is 5.82. The highest BCUT2D eigenvalue weighted by atomic mass is 16.6. The Balaban J connectivity index is 1.79. The van der Waals surface area contributed by atoms with Gasteiger partial charge in [-0.15, -0.1) is 0 Å². The van der Waals surface area contributed by atoms with Gasteiger partial charge in [0.1, 0.15) is 6.61 Å². The van der Waals surface area contributed by atoms with E-state index < -0.39 is 0 Å². The standard InChI is InChI=1S/C20H22N2O/c1-20(18-12-13-23-22-18)19(16-10-6-3-7-11-16)17(14-21-20)15-8-4-2-5-9-15/h2-11,17,19,21H,12-14H2,1H3/t17-,19-,20+/m0/s1. The monoisotopic (exact) mass is 306 g/mol. The summed E-state index contributed by atoms with van der Waals surface area (Å²) in [5.41, 5.74) is 3.74. The van der Waals surface area contributed by atoms with Crippen molar-refractivity contribution in [3.63, 3.8) is 0 Å². The zero-order chi connectivity index (χ0) is 15.7. The highest BCUT2D eigenvalue weighted by molar-refractivity contribution is 5.95. The number of nitrogens with zero attached hydrogens (tertiary/aromatic N) is 1. The molecule has 0 bridgehead atoms. The van der Waals surface area contributed by atoms with Gasteiger partial charge in [0.15, 0.2) is 0 Å². The van der Waals surface area contributed by atoms with Crippen LogP contribution in [0.1, 0.15) is 36.3 Å². The van der Waals surface area contributed by atoms with Crippen molar-refractivity contribution in [3.05, 3.63) is 71.8 Å². The van der Waals surface area contributed by atoms with Gasteiger partial charge in [-0.1, -0.05) is 65.8 Å². The molecule has 0 aliphatic carbocycles. The third-order valence-corrected chi connectivity index (χ3v) is 5.30. The number of nitrogens with one attached hydrogen (secondary N) is 1. The topological polar surface area (TPSA) is 33.6 Å². The summed E-state index contributed by atoms with van der Waals surface area (Å²) in [6.07, 6.45) is 0.911. The van der Waals surface area contributed by atoms with Crippen LogP contribution in [0, 0.1) is 0 Å². The van der Waals surface area contributed by atoms with Crippen molar-refractivity contribution in [2.75, 3.05) is 13.2 Å². The first-order valence-corrected chi connectivity index (χ1v) is 8.33. The molecular weight excluding hydrogens is 284 g/mol. The normalized spacial score (nSPS) is 30.0. The molecule has 2 aromatic rings. The molecule has 1 fully saturated rings. The van der Waals surface area contributed by atoms with Gasteiger partial charge in [-0.25, -0.2) is 0 Å². The molecule has 3 nitrogen and oxygen atoms in total. The van der Waals surface area contributed by atoms with E-state index in [-0.39, 0.29) is 5.54 Å². The third kappa shape index (κ3) is 2.45. The van der Waals surface area contributed by atoms with E-state index in [0.717, 1.165) is 18.7 Å². The summed E-state index contributed by atoms with van der Waals surface area (Å²) in [6.45, 7) is 3.93. The molecule has 118 valence electrons. The first-order valence-electron chi connectivity index (χ1n) is 8.33. The largest absolute Gasteiger partial charge is 0.395 e. The van der Waals surface area contributed by atoms with Gasteiger partial charge < -0.3 is 10.2 Å². The molecule has 0 spiro atoms. The molecule has 2 aliphatic rings. The highest BCUT2D eigenvalue weighted by Gasteiger charge is 2.50. The molecule has 0 amide bonds. The second-order valence-corrected chi connectivity index (χ2v) is 6.61. The van der Waals surface area contributed by atoms with Gasteiger partial charge in [-0.05, 0) is 18.1 Å². The van der Waals surface area contributed by atoms with Crippen LogP contribution in [0.15, 0.2) is 65.8 Å². The van der Waals surface area contributed by atoms with Crippen molar-refractivity contribution < 1.29 is 4.84 Å². The Morgan fingerprint density at radius 2 is 1.65 bits per heavy atom. The van der Waals surface area contributed by atoms with Gasteiger partial charge in [0.2, 0.25) is 0 Å². The molecule has 0 saturated carbocycles. The third-order valence-electron chi connectivity index (χ3n) is 5.30. The van der Waals surface area contributed by atoms with Crippen LogP contribution >= 0.6 is 0 Å². The van der Waals surface area contributed by atoms with E-state index >= 15 is 0 Å². The van der Waals surface area contributed by atoms with E-state index in [0.29, 0.717) is 18.4 Å². The lowest BCUT2D eigenvalue weighted by Crippen LogP contribution is -2.48. The molecule has 2 aliphatic heterocycles. The van der Waals surface area contributed by atoms with Crippen LogP contribution in [-0.4, -0.2) is 24.4 Å². The lowest BCUT2D eigenvalue weighted by atomic mass is 9.71. The van der Waals surface area contributed by atoms with Crippen molar-refractivity contribution in [1.29, 1.82) is 0 Å².